The number of anilines is 2. The molecule has 0 aromatic heterocycles. The van der Waals surface area contributed by atoms with Crippen molar-refractivity contribution in [3.05, 3.63) is 52.3 Å². The van der Waals surface area contributed by atoms with E-state index in [1.165, 1.54) is 31.4 Å². The van der Waals surface area contributed by atoms with Crippen LogP contribution in [0.1, 0.15) is 0 Å². The van der Waals surface area contributed by atoms with Crippen LogP contribution < -0.4 is 15.4 Å². The van der Waals surface area contributed by atoms with Crippen LogP contribution in [0.4, 0.5) is 15.8 Å². The summed E-state index contributed by atoms with van der Waals surface area (Å²) in [5.74, 6) is -2.02. The fourth-order valence-corrected chi connectivity index (χ4v) is 2.13. The number of hydrogen-bond acceptors (Lipinski definition) is 3. The Bertz CT molecular complexity index is 768. The molecule has 0 heterocycles. The van der Waals surface area contributed by atoms with Crippen LogP contribution in [0.15, 0.2) is 36.4 Å². The Morgan fingerprint density at radius 2 is 1.48 bits per heavy atom. The second kappa shape index (κ2) is 7.30. The van der Waals surface area contributed by atoms with Crippen LogP contribution in [0.5, 0.6) is 5.75 Å². The van der Waals surface area contributed by atoms with Gasteiger partial charge >= 0.3 is 11.8 Å². The number of amides is 2. The lowest BCUT2D eigenvalue weighted by molar-refractivity contribution is -0.132. The summed E-state index contributed by atoms with van der Waals surface area (Å²) in [6.07, 6.45) is 0. The summed E-state index contributed by atoms with van der Waals surface area (Å²) >= 11 is 11.5. The number of nitrogens with one attached hydrogen (secondary N) is 2. The third-order valence-electron chi connectivity index (χ3n) is 2.79. The molecule has 0 bridgehead atoms. The Hall–Kier alpha value is -2.31. The topological polar surface area (TPSA) is 67.4 Å². The molecule has 2 aromatic carbocycles. The van der Waals surface area contributed by atoms with E-state index in [1.54, 1.807) is 6.07 Å². The lowest BCUT2D eigenvalue weighted by atomic mass is 10.3. The van der Waals surface area contributed by atoms with Crippen molar-refractivity contribution in [2.75, 3.05) is 17.7 Å². The first-order valence-electron chi connectivity index (χ1n) is 6.31. The minimum atomic E-state index is -0.931. The molecule has 0 unspecified atom stereocenters. The Balaban J connectivity index is 2.03. The van der Waals surface area contributed by atoms with Crippen molar-refractivity contribution in [2.45, 2.75) is 0 Å². The highest BCUT2D eigenvalue weighted by Gasteiger charge is 2.15. The quantitative estimate of drug-likeness (QED) is 0.823. The van der Waals surface area contributed by atoms with E-state index in [4.69, 9.17) is 27.9 Å². The van der Waals surface area contributed by atoms with Gasteiger partial charge in [-0.2, -0.15) is 0 Å². The van der Waals surface area contributed by atoms with Gasteiger partial charge in [-0.25, -0.2) is 4.39 Å². The minimum Gasteiger partial charge on any atom is -0.495 e. The van der Waals surface area contributed by atoms with E-state index < -0.39 is 17.6 Å². The summed E-state index contributed by atoms with van der Waals surface area (Å²) < 4.78 is 18.0. The first-order valence-corrected chi connectivity index (χ1v) is 7.07. The maximum Gasteiger partial charge on any atom is 0.314 e. The third-order valence-corrected chi connectivity index (χ3v) is 3.38. The molecule has 2 amide bonds. The lowest BCUT2D eigenvalue weighted by Gasteiger charge is -2.09. The normalized spacial score (nSPS) is 10.1. The average Bonchev–Trinajstić information content (AvgIpc) is 2.51. The number of hydrogen-bond donors (Lipinski definition) is 2. The van der Waals surface area contributed by atoms with Crippen LogP contribution in [-0.2, 0) is 9.59 Å². The van der Waals surface area contributed by atoms with Gasteiger partial charge in [0.25, 0.3) is 0 Å². The first-order chi connectivity index (χ1) is 10.9. The molecule has 8 heteroatoms. The molecular formula is C15H11Cl2FN2O3. The van der Waals surface area contributed by atoms with Gasteiger partial charge in [0.1, 0.15) is 11.6 Å². The van der Waals surface area contributed by atoms with Gasteiger partial charge in [0, 0.05) is 11.4 Å². The smallest absolute Gasteiger partial charge is 0.314 e. The second-order valence-electron chi connectivity index (χ2n) is 4.39. The van der Waals surface area contributed by atoms with E-state index in [2.05, 4.69) is 10.6 Å². The van der Waals surface area contributed by atoms with E-state index in [1.807, 2.05) is 0 Å². The number of methoxy groups -OCH3 is 1. The average molecular weight is 357 g/mol. The van der Waals surface area contributed by atoms with Crippen molar-refractivity contribution in [3.8, 4) is 5.75 Å². The van der Waals surface area contributed by atoms with Gasteiger partial charge in [0.2, 0.25) is 0 Å². The van der Waals surface area contributed by atoms with E-state index in [-0.39, 0.29) is 15.7 Å². The molecule has 0 aliphatic carbocycles. The monoisotopic (exact) mass is 356 g/mol. The largest absolute Gasteiger partial charge is 0.495 e. The van der Waals surface area contributed by atoms with Crippen LogP contribution in [0.2, 0.25) is 10.0 Å². The van der Waals surface area contributed by atoms with Crippen molar-refractivity contribution >= 4 is 46.4 Å². The molecular weight excluding hydrogens is 346 g/mol. The van der Waals surface area contributed by atoms with Crippen LogP contribution in [0.3, 0.4) is 0 Å². The van der Waals surface area contributed by atoms with Gasteiger partial charge in [-0.05, 0) is 36.4 Å². The molecule has 0 saturated carbocycles. The van der Waals surface area contributed by atoms with Crippen molar-refractivity contribution in [2.24, 2.45) is 0 Å². The molecule has 0 saturated heterocycles. The fourth-order valence-electron chi connectivity index (χ4n) is 1.69. The molecule has 0 fully saturated rings. The standard InChI is InChI=1S/C15H11Cl2FN2O3/c1-23-13-5-3-9(7-11(13)17)20-15(22)14(21)19-8-2-4-12(18)10(16)6-8/h2-7H,1H3,(H,19,21)(H,20,22). The maximum absolute atomic E-state index is 13.0. The molecule has 0 radical (unpaired) electrons. The second-order valence-corrected chi connectivity index (χ2v) is 5.20. The van der Waals surface area contributed by atoms with E-state index >= 15 is 0 Å². The highest BCUT2D eigenvalue weighted by Crippen LogP contribution is 2.27. The van der Waals surface area contributed by atoms with Crippen LogP contribution >= 0.6 is 23.2 Å². The van der Waals surface area contributed by atoms with E-state index in [0.717, 1.165) is 6.07 Å². The molecule has 0 aliphatic rings. The highest BCUT2D eigenvalue weighted by molar-refractivity contribution is 6.44. The summed E-state index contributed by atoms with van der Waals surface area (Å²) in [6.45, 7) is 0. The van der Waals surface area contributed by atoms with Crippen molar-refractivity contribution in [1.29, 1.82) is 0 Å². The number of benzene rings is 2. The number of rotatable bonds is 3. The summed E-state index contributed by atoms with van der Waals surface area (Å²) in [6, 6.07) is 8.10. The first kappa shape index (κ1) is 17.1. The Morgan fingerprint density at radius 1 is 0.957 bits per heavy atom. The fraction of sp³-hybridized carbons (Fsp3) is 0.0667. The molecule has 23 heavy (non-hydrogen) atoms. The van der Waals surface area contributed by atoms with Gasteiger partial charge in [0.15, 0.2) is 0 Å². The zero-order chi connectivity index (χ0) is 17.0. The van der Waals surface area contributed by atoms with E-state index in [0.29, 0.717) is 11.4 Å². The molecule has 2 aromatic rings. The van der Waals surface area contributed by atoms with Gasteiger partial charge in [-0.3, -0.25) is 9.59 Å². The van der Waals surface area contributed by atoms with Gasteiger partial charge in [0.05, 0.1) is 17.2 Å². The summed E-state index contributed by atoms with van der Waals surface area (Å²) in [5, 5.41) is 4.82. The highest BCUT2D eigenvalue weighted by atomic mass is 35.5. The lowest BCUT2D eigenvalue weighted by Crippen LogP contribution is -2.29. The zero-order valence-corrected chi connectivity index (χ0v) is 13.3. The molecule has 2 rings (SSSR count). The minimum absolute atomic E-state index is 0.162. The predicted molar refractivity (Wildman–Crippen MR) is 86.7 cm³/mol. The Kier molecular flexibility index (Phi) is 5.41. The molecule has 0 atom stereocenters. The van der Waals surface area contributed by atoms with Gasteiger partial charge < -0.3 is 15.4 Å². The van der Waals surface area contributed by atoms with Crippen LogP contribution in [-0.4, -0.2) is 18.9 Å². The van der Waals surface area contributed by atoms with Crippen LogP contribution in [0.25, 0.3) is 0 Å². The number of carbonyl (C=O) groups excluding carboxylic acids is 2. The Labute approximate surface area is 141 Å². The summed E-state index contributed by atoms with van der Waals surface area (Å²) in [5.41, 5.74) is 0.525. The summed E-state index contributed by atoms with van der Waals surface area (Å²) in [4.78, 5) is 23.6. The molecule has 0 aliphatic heterocycles. The maximum atomic E-state index is 13.0. The van der Waals surface area contributed by atoms with Crippen LogP contribution in [0, 0.1) is 5.82 Å². The number of ether oxygens (including phenoxy) is 1. The van der Waals surface area contributed by atoms with Crippen molar-refractivity contribution < 1.29 is 18.7 Å². The SMILES string of the molecule is COc1ccc(NC(=O)C(=O)Nc2ccc(F)c(Cl)c2)cc1Cl. The molecule has 120 valence electrons. The van der Waals surface area contributed by atoms with Crippen molar-refractivity contribution in [1.82, 2.24) is 0 Å². The number of halogens is 3. The predicted octanol–water partition coefficient (Wildman–Crippen LogP) is 3.72. The number of carbonyl (C=O) groups is 2. The summed E-state index contributed by atoms with van der Waals surface area (Å²) in [7, 11) is 1.46. The molecule has 5 nitrogen and oxygen atoms in total. The van der Waals surface area contributed by atoms with Gasteiger partial charge in [-0.15, -0.1) is 0 Å². The molecule has 2 N–H and O–H groups in total. The Morgan fingerprint density at radius 3 is 1.96 bits per heavy atom. The van der Waals surface area contributed by atoms with Crippen molar-refractivity contribution in [3.63, 3.8) is 0 Å². The molecule has 0 spiro atoms. The third kappa shape index (κ3) is 4.34. The van der Waals surface area contributed by atoms with Gasteiger partial charge in [-0.1, -0.05) is 23.2 Å². The zero-order valence-electron chi connectivity index (χ0n) is 11.8. The van der Waals surface area contributed by atoms with E-state index in [9.17, 15) is 14.0 Å².